The molecule has 2 unspecified atom stereocenters. The number of quaternary nitrogens is 1. The molecule has 0 bridgehead atoms. The molecule has 0 aliphatic carbocycles. The summed E-state index contributed by atoms with van der Waals surface area (Å²) in [5.74, 6) is -0.797. The van der Waals surface area contributed by atoms with Gasteiger partial charge in [0.05, 0.1) is 27.7 Å². The minimum absolute atomic E-state index is 0.0327. The Morgan fingerprint density at radius 3 is 1.41 bits per heavy atom. The first-order chi connectivity index (χ1) is 27.0. The summed E-state index contributed by atoms with van der Waals surface area (Å²) in [4.78, 5) is 35.3. The molecule has 0 aliphatic heterocycles. The van der Waals surface area contributed by atoms with Crippen molar-refractivity contribution in [2.24, 2.45) is 0 Å². The van der Waals surface area contributed by atoms with Gasteiger partial charge in [0.2, 0.25) is 0 Å². The second-order valence-electron chi connectivity index (χ2n) is 16.8. The van der Waals surface area contributed by atoms with E-state index in [-0.39, 0.29) is 25.6 Å². The van der Waals surface area contributed by atoms with Crippen molar-refractivity contribution in [1.82, 2.24) is 0 Å². The highest BCUT2D eigenvalue weighted by Crippen LogP contribution is 2.43. The number of ether oxygens (including phenoxy) is 2. The van der Waals surface area contributed by atoms with Gasteiger partial charge in [-0.1, -0.05) is 173 Å². The molecule has 0 amide bonds. The normalized spacial score (nSPS) is 13.8. The number of unbranched alkanes of at least 4 members (excludes halogenated alkanes) is 24. The number of rotatable bonds is 42. The van der Waals surface area contributed by atoms with Crippen LogP contribution < -0.4 is 0 Å². The number of nitrogens with zero attached hydrogens (tertiary/aromatic N) is 1. The number of phosphoric acid groups is 1. The number of hydrogen-bond donors (Lipinski definition) is 1. The second-order valence-corrected chi connectivity index (χ2v) is 18.2. The van der Waals surface area contributed by atoms with Gasteiger partial charge in [0.25, 0.3) is 0 Å². The van der Waals surface area contributed by atoms with Crippen LogP contribution >= 0.6 is 7.82 Å². The number of carbonyl (C=O) groups is 2. The van der Waals surface area contributed by atoms with E-state index in [0.29, 0.717) is 23.9 Å². The summed E-state index contributed by atoms with van der Waals surface area (Å²) < 4.78 is 34.3. The van der Waals surface area contributed by atoms with Gasteiger partial charge in [-0.05, 0) is 44.9 Å². The third-order valence-corrected chi connectivity index (χ3v) is 11.0. The van der Waals surface area contributed by atoms with Gasteiger partial charge in [0, 0.05) is 12.8 Å². The van der Waals surface area contributed by atoms with Crippen molar-refractivity contribution in [1.29, 1.82) is 0 Å². The molecule has 0 heterocycles. The maximum atomic E-state index is 12.7. The summed E-state index contributed by atoms with van der Waals surface area (Å²) >= 11 is 0. The molecule has 0 spiro atoms. The van der Waals surface area contributed by atoms with Crippen LogP contribution in [0.5, 0.6) is 0 Å². The lowest BCUT2D eigenvalue weighted by molar-refractivity contribution is -0.870. The number of allylic oxidation sites excluding steroid dienone is 4. The fraction of sp³-hybridized carbons (Fsp3) is 0.870. The highest BCUT2D eigenvalue weighted by Gasteiger charge is 2.27. The zero-order valence-electron chi connectivity index (χ0n) is 37.1. The number of hydrogen-bond acceptors (Lipinski definition) is 7. The minimum Gasteiger partial charge on any atom is -0.462 e. The SMILES string of the molecule is CCCCCCC/C=C\C/C=C\CCCCCCCCCCCC(=O)OC(COC(=O)CCCCCCCCCCCCC)COP(=O)(O)OCC[N+](C)(C)C. The molecule has 0 rings (SSSR count). The van der Waals surface area contributed by atoms with E-state index in [1.807, 2.05) is 21.1 Å². The van der Waals surface area contributed by atoms with Crippen molar-refractivity contribution < 1.29 is 42.1 Å². The molecule has 0 saturated heterocycles. The number of carbonyl (C=O) groups excluding carboxylic acids is 2. The highest BCUT2D eigenvalue weighted by atomic mass is 31.2. The lowest BCUT2D eigenvalue weighted by atomic mass is 10.1. The molecule has 10 heteroatoms. The van der Waals surface area contributed by atoms with Crippen molar-refractivity contribution in [3.63, 3.8) is 0 Å². The van der Waals surface area contributed by atoms with Crippen LogP contribution in [0, 0.1) is 0 Å². The van der Waals surface area contributed by atoms with E-state index in [1.54, 1.807) is 0 Å². The summed E-state index contributed by atoms with van der Waals surface area (Å²) in [5.41, 5.74) is 0. The first kappa shape index (κ1) is 54.5. The molecule has 0 saturated carbocycles. The van der Waals surface area contributed by atoms with Crippen LogP contribution in [0.4, 0.5) is 0 Å². The number of esters is 2. The van der Waals surface area contributed by atoms with Gasteiger partial charge in [0.1, 0.15) is 19.8 Å². The van der Waals surface area contributed by atoms with Gasteiger partial charge in [-0.25, -0.2) is 4.57 Å². The Balaban J connectivity index is 4.27. The summed E-state index contributed by atoms with van der Waals surface area (Å²) in [7, 11) is 1.48. The first-order valence-electron chi connectivity index (χ1n) is 23.1. The predicted molar refractivity (Wildman–Crippen MR) is 234 cm³/mol. The monoisotopic (exact) mass is 815 g/mol. The lowest BCUT2D eigenvalue weighted by Crippen LogP contribution is -2.37. The largest absolute Gasteiger partial charge is 0.472 e. The van der Waals surface area contributed by atoms with Gasteiger partial charge in [0.15, 0.2) is 6.10 Å². The molecule has 0 fully saturated rings. The van der Waals surface area contributed by atoms with Crippen LogP contribution in [0.1, 0.15) is 206 Å². The van der Waals surface area contributed by atoms with Crippen molar-refractivity contribution >= 4 is 19.8 Å². The van der Waals surface area contributed by atoms with E-state index in [1.165, 1.54) is 128 Å². The Labute approximate surface area is 345 Å². The Morgan fingerprint density at radius 2 is 0.964 bits per heavy atom. The van der Waals surface area contributed by atoms with Crippen LogP contribution in [0.2, 0.25) is 0 Å². The molecule has 0 aromatic carbocycles. The summed E-state index contributed by atoms with van der Waals surface area (Å²) in [6.07, 6.45) is 42.2. The van der Waals surface area contributed by atoms with E-state index >= 15 is 0 Å². The molecule has 2 atom stereocenters. The molecule has 0 radical (unpaired) electrons. The summed E-state index contributed by atoms with van der Waals surface area (Å²) in [5, 5.41) is 0. The summed E-state index contributed by atoms with van der Waals surface area (Å²) in [6, 6.07) is 0. The van der Waals surface area contributed by atoms with Crippen molar-refractivity contribution in [2.45, 2.75) is 213 Å². The van der Waals surface area contributed by atoms with Crippen molar-refractivity contribution in [2.75, 3.05) is 47.5 Å². The molecule has 0 aromatic heterocycles. The predicted octanol–water partition coefficient (Wildman–Crippen LogP) is 13.1. The zero-order valence-corrected chi connectivity index (χ0v) is 38.0. The Morgan fingerprint density at radius 1 is 0.554 bits per heavy atom. The van der Waals surface area contributed by atoms with Crippen molar-refractivity contribution in [3.8, 4) is 0 Å². The van der Waals surface area contributed by atoms with Gasteiger partial charge in [-0.3, -0.25) is 18.6 Å². The van der Waals surface area contributed by atoms with E-state index in [9.17, 15) is 19.0 Å². The topological polar surface area (TPSA) is 108 Å². The third kappa shape index (κ3) is 42.1. The molecular weight excluding hydrogens is 725 g/mol. The first-order valence-corrected chi connectivity index (χ1v) is 24.6. The van der Waals surface area contributed by atoms with Crippen LogP contribution in [0.3, 0.4) is 0 Å². The average Bonchev–Trinajstić information content (AvgIpc) is 3.15. The summed E-state index contributed by atoms with van der Waals surface area (Å²) in [6.45, 7) is 4.41. The molecular formula is C46H89NO8P+. The quantitative estimate of drug-likeness (QED) is 0.0213. The van der Waals surface area contributed by atoms with E-state index in [2.05, 4.69) is 38.2 Å². The molecule has 1 N–H and O–H groups in total. The molecule has 9 nitrogen and oxygen atoms in total. The fourth-order valence-electron chi connectivity index (χ4n) is 6.34. The van der Waals surface area contributed by atoms with Gasteiger partial charge < -0.3 is 18.9 Å². The number of phosphoric ester groups is 1. The smallest absolute Gasteiger partial charge is 0.462 e. The van der Waals surface area contributed by atoms with Gasteiger partial charge in [-0.2, -0.15) is 0 Å². The average molecular weight is 815 g/mol. The fourth-order valence-corrected chi connectivity index (χ4v) is 7.08. The van der Waals surface area contributed by atoms with Crippen molar-refractivity contribution in [3.05, 3.63) is 24.3 Å². The number of likely N-dealkylation sites (N-methyl/N-ethyl adjacent to an activating group) is 1. The zero-order chi connectivity index (χ0) is 41.4. The Kier molecular flexibility index (Phi) is 37.9. The van der Waals surface area contributed by atoms with Gasteiger partial charge >= 0.3 is 19.8 Å². The minimum atomic E-state index is -4.37. The molecule has 0 aliphatic rings. The molecule has 330 valence electrons. The van der Waals surface area contributed by atoms with E-state index < -0.39 is 26.5 Å². The molecule has 0 aromatic rings. The standard InChI is InChI=1S/C46H88NO8P/c1-6-8-10-12-14-16-18-19-20-21-22-23-24-25-26-27-29-31-33-35-37-39-46(49)55-44(43-54-56(50,51)53-41-40-47(3,4)5)42-52-45(48)38-36-34-32-30-28-17-15-13-11-9-7-2/h18-19,21-22,44H,6-17,20,23-43H2,1-5H3/p+1/b19-18-,22-21-. The van der Waals surface area contributed by atoms with E-state index in [0.717, 1.165) is 44.9 Å². The lowest BCUT2D eigenvalue weighted by Gasteiger charge is -2.24. The molecule has 56 heavy (non-hydrogen) atoms. The Bertz CT molecular complexity index is 1010. The van der Waals surface area contributed by atoms with Crippen LogP contribution in [-0.2, 0) is 32.7 Å². The highest BCUT2D eigenvalue weighted by molar-refractivity contribution is 7.47. The third-order valence-electron chi connectivity index (χ3n) is 9.98. The van der Waals surface area contributed by atoms with Crippen LogP contribution in [0.25, 0.3) is 0 Å². The van der Waals surface area contributed by atoms with Crippen LogP contribution in [-0.4, -0.2) is 74.9 Å². The van der Waals surface area contributed by atoms with E-state index in [4.69, 9.17) is 18.5 Å². The second kappa shape index (κ2) is 39.0. The Hall–Kier alpha value is -1.51. The van der Waals surface area contributed by atoms with Crippen LogP contribution in [0.15, 0.2) is 24.3 Å². The maximum absolute atomic E-state index is 12.7. The van der Waals surface area contributed by atoms with Gasteiger partial charge in [-0.15, -0.1) is 0 Å². The maximum Gasteiger partial charge on any atom is 0.472 e.